The Morgan fingerprint density at radius 1 is 1.00 bits per heavy atom. The van der Waals surface area contributed by atoms with Gasteiger partial charge in [-0.3, -0.25) is 14.3 Å². The first-order valence-electron chi connectivity index (χ1n) is 10.8. The minimum Gasteiger partial charge on any atom is -0.871 e. The van der Waals surface area contributed by atoms with Crippen molar-refractivity contribution in [2.75, 3.05) is 10.0 Å². The molecule has 13 heteroatoms. The monoisotopic (exact) mass is 578 g/mol. The first kappa shape index (κ1) is 25.6. The summed E-state index contributed by atoms with van der Waals surface area (Å²) in [6.07, 6.45) is 0.880. The van der Waals surface area contributed by atoms with Gasteiger partial charge in [-0.25, -0.2) is 13.2 Å². The highest BCUT2D eigenvalue weighted by atomic mass is 79.9. The second kappa shape index (κ2) is 9.54. The van der Waals surface area contributed by atoms with Crippen molar-refractivity contribution in [2.24, 2.45) is 11.8 Å². The third kappa shape index (κ3) is 4.80. The number of fused-ring (bicyclic) bond motifs is 2. The number of rotatable bonds is 7. The average Bonchev–Trinajstić information content (AvgIpc) is 2.81. The van der Waals surface area contributed by atoms with Crippen LogP contribution >= 0.6 is 15.9 Å². The molecule has 2 saturated carbocycles. The molecule has 2 aliphatic carbocycles. The smallest absolute Gasteiger partial charge is 0.335 e. The lowest BCUT2D eigenvalue weighted by Gasteiger charge is -2.39. The van der Waals surface area contributed by atoms with Gasteiger partial charge >= 0.3 is 5.97 Å². The predicted octanol–water partition coefficient (Wildman–Crippen LogP) is 0.735. The van der Waals surface area contributed by atoms with Gasteiger partial charge in [0, 0.05) is 28.8 Å². The van der Waals surface area contributed by atoms with Crippen molar-refractivity contribution in [3.8, 4) is 5.75 Å². The molecule has 190 valence electrons. The molecule has 36 heavy (non-hydrogen) atoms. The molecule has 0 radical (unpaired) electrons. The van der Waals surface area contributed by atoms with Crippen molar-refractivity contribution < 1.29 is 42.9 Å². The Balaban J connectivity index is 1.66. The number of halogens is 1. The maximum atomic E-state index is 13.0. The van der Waals surface area contributed by atoms with Gasteiger partial charge in [-0.05, 0) is 43.5 Å². The van der Waals surface area contributed by atoms with Crippen molar-refractivity contribution in [1.29, 1.82) is 0 Å². The summed E-state index contributed by atoms with van der Waals surface area (Å²) in [5, 5.41) is 36.0. The minimum atomic E-state index is -4.66. The second-order valence-electron chi connectivity index (χ2n) is 8.66. The van der Waals surface area contributed by atoms with Crippen molar-refractivity contribution >= 4 is 60.8 Å². The summed E-state index contributed by atoms with van der Waals surface area (Å²) < 4.78 is 28.1. The van der Waals surface area contributed by atoms with Gasteiger partial charge in [0.2, 0.25) is 0 Å². The molecule has 0 aromatic heterocycles. The van der Waals surface area contributed by atoms with E-state index in [1.54, 1.807) is 0 Å². The number of hydrogen-bond donors (Lipinski definition) is 3. The number of hydrogen-bond acceptors (Lipinski definition) is 9. The molecule has 2 aromatic rings. The molecule has 11 nitrogen and oxygen atoms in total. The van der Waals surface area contributed by atoms with Gasteiger partial charge in [0.25, 0.3) is 10.0 Å². The fourth-order valence-corrected chi connectivity index (χ4v) is 6.76. The van der Waals surface area contributed by atoms with Gasteiger partial charge < -0.3 is 25.4 Å². The molecule has 4 rings (SSSR count). The number of Topliss-reactive ketones (excluding diaryl/α,β-unsaturated/α-hetero) is 2. The molecule has 0 amide bonds. The quantitative estimate of drug-likeness (QED) is 0.394. The zero-order valence-electron chi connectivity index (χ0n) is 18.4. The van der Waals surface area contributed by atoms with Crippen LogP contribution in [0.3, 0.4) is 0 Å². The Morgan fingerprint density at radius 3 is 2.33 bits per heavy atom. The normalized spacial score (nSPS) is 23.7. The Kier molecular flexibility index (Phi) is 6.80. The molecule has 0 saturated heterocycles. The lowest BCUT2D eigenvalue weighted by molar-refractivity contribution is -0.267. The maximum absolute atomic E-state index is 13.0. The number of anilines is 2. The van der Waals surface area contributed by atoms with Gasteiger partial charge in [0.15, 0.2) is 5.78 Å². The van der Waals surface area contributed by atoms with Crippen LogP contribution in [0.2, 0.25) is 0 Å². The number of carboxylic acid groups (broad SMARTS) is 2. The van der Waals surface area contributed by atoms with E-state index in [1.807, 2.05) is 4.72 Å². The molecule has 0 heterocycles. The molecule has 2 aromatic carbocycles. The van der Waals surface area contributed by atoms with Crippen molar-refractivity contribution in [3.63, 3.8) is 0 Å². The minimum absolute atomic E-state index is 0.0338. The summed E-state index contributed by atoms with van der Waals surface area (Å²) in [4.78, 5) is 47.3. The van der Waals surface area contributed by atoms with E-state index in [4.69, 9.17) is 5.11 Å². The Labute approximate surface area is 213 Å². The van der Waals surface area contributed by atoms with E-state index >= 15 is 0 Å². The van der Waals surface area contributed by atoms with Gasteiger partial charge in [0.05, 0.1) is 27.3 Å². The van der Waals surface area contributed by atoms with Crippen LogP contribution in [-0.4, -0.2) is 47.9 Å². The summed E-state index contributed by atoms with van der Waals surface area (Å²) in [5.41, 5.74) is -1.78. The Morgan fingerprint density at radius 2 is 1.69 bits per heavy atom. The molecular formula is C23H19BrN2O9S-2. The van der Waals surface area contributed by atoms with Gasteiger partial charge in [-0.15, -0.1) is 0 Å². The van der Waals surface area contributed by atoms with Crippen LogP contribution in [0.4, 0.5) is 11.4 Å². The molecule has 2 fully saturated rings. The summed E-state index contributed by atoms with van der Waals surface area (Å²) in [6, 6.07) is 5.31. The van der Waals surface area contributed by atoms with E-state index in [0.29, 0.717) is 12.8 Å². The average molecular weight is 579 g/mol. The zero-order valence-corrected chi connectivity index (χ0v) is 20.8. The lowest BCUT2D eigenvalue weighted by atomic mass is 9.69. The summed E-state index contributed by atoms with van der Waals surface area (Å²) >= 11 is 3.30. The SMILES string of the molecule is O=C(O)c1ccc(NS(=O)(=O)c2cccc(NC3CC4CC(CC(Br)C4=O)C3=O)c2C(=O)[O-])c([O-])c1. The zero-order chi connectivity index (χ0) is 26.4. The molecule has 2 aliphatic rings. The molecule has 3 N–H and O–H groups in total. The molecule has 0 spiro atoms. The highest BCUT2D eigenvalue weighted by Gasteiger charge is 2.46. The number of sulfonamides is 1. The number of carboxylic acids is 2. The highest BCUT2D eigenvalue weighted by Crippen LogP contribution is 2.40. The van der Waals surface area contributed by atoms with E-state index in [-0.39, 0.29) is 29.2 Å². The number of carbonyl (C=O) groups excluding carboxylic acids is 3. The largest absolute Gasteiger partial charge is 0.871 e. The van der Waals surface area contributed by atoms with Crippen LogP contribution < -0.4 is 20.3 Å². The summed E-state index contributed by atoms with van der Waals surface area (Å²) in [6.45, 7) is 0. The fourth-order valence-electron chi connectivity index (χ4n) is 4.65. The van der Waals surface area contributed by atoms with Gasteiger partial charge in [-0.2, -0.15) is 0 Å². The lowest BCUT2D eigenvalue weighted by Crippen LogP contribution is -2.49. The number of nitrogens with one attached hydrogen (secondary N) is 2. The number of aromatic carboxylic acids is 2. The third-order valence-corrected chi connectivity index (χ3v) is 8.59. The fraction of sp³-hybridized carbons (Fsp3) is 0.304. The van der Waals surface area contributed by atoms with Crippen LogP contribution in [-0.2, 0) is 19.6 Å². The molecular weight excluding hydrogens is 560 g/mol. The van der Waals surface area contributed by atoms with E-state index in [9.17, 15) is 37.8 Å². The Hall–Kier alpha value is -3.45. The van der Waals surface area contributed by atoms with Crippen molar-refractivity contribution in [3.05, 3.63) is 47.5 Å². The molecule has 0 aliphatic heterocycles. The first-order valence-corrected chi connectivity index (χ1v) is 13.2. The van der Waals surface area contributed by atoms with Crippen molar-refractivity contribution in [2.45, 2.75) is 35.0 Å². The van der Waals surface area contributed by atoms with E-state index in [0.717, 1.165) is 24.3 Å². The summed E-state index contributed by atoms with van der Waals surface area (Å²) in [7, 11) is -4.66. The third-order valence-electron chi connectivity index (χ3n) is 6.36. The number of carbonyl (C=O) groups is 4. The van der Waals surface area contributed by atoms with E-state index < -0.39 is 66.6 Å². The highest BCUT2D eigenvalue weighted by molar-refractivity contribution is 9.10. The van der Waals surface area contributed by atoms with Crippen LogP contribution in [0.25, 0.3) is 0 Å². The van der Waals surface area contributed by atoms with Crippen molar-refractivity contribution in [1.82, 2.24) is 0 Å². The molecule has 4 unspecified atom stereocenters. The standard InChI is InChI=1S/C23H21BrN2O9S/c24-13-7-11-6-12(20(13)28)8-16(21(11)29)25-15-2-1-3-18(19(15)23(32)33)36(34,35)26-14-5-4-10(22(30)31)9-17(14)27/h1-5,9,11-13,16,25-27H,6-8H2,(H,30,31)(H,32,33)/p-2. The predicted molar refractivity (Wildman–Crippen MR) is 125 cm³/mol. The number of alkyl halides is 1. The van der Waals surface area contributed by atoms with Gasteiger partial charge in [0.1, 0.15) is 5.78 Å². The van der Waals surface area contributed by atoms with Crippen LogP contribution in [0.15, 0.2) is 41.3 Å². The van der Waals surface area contributed by atoms with Crippen LogP contribution in [0, 0.1) is 11.8 Å². The maximum Gasteiger partial charge on any atom is 0.335 e. The number of ketones is 2. The first-order chi connectivity index (χ1) is 16.9. The van der Waals surface area contributed by atoms with E-state index in [1.165, 1.54) is 12.1 Å². The molecule has 2 bridgehead atoms. The van der Waals surface area contributed by atoms with Crippen LogP contribution in [0.5, 0.6) is 5.75 Å². The Bertz CT molecular complexity index is 1390. The summed E-state index contributed by atoms with van der Waals surface area (Å²) in [5.74, 6) is -5.18. The van der Waals surface area contributed by atoms with Gasteiger partial charge in [-0.1, -0.05) is 33.8 Å². The van der Waals surface area contributed by atoms with Crippen LogP contribution in [0.1, 0.15) is 40.0 Å². The second-order valence-corrected chi connectivity index (χ2v) is 11.4. The van der Waals surface area contributed by atoms with E-state index in [2.05, 4.69) is 21.2 Å². The number of benzene rings is 2. The molecule has 4 atom stereocenters. The topological polar surface area (TPSA) is 193 Å².